The van der Waals surface area contributed by atoms with Gasteiger partial charge in [-0.25, -0.2) is 9.78 Å². The number of esters is 1. The second kappa shape index (κ2) is 6.91. The van der Waals surface area contributed by atoms with Crippen molar-refractivity contribution in [1.82, 2.24) is 0 Å². The van der Waals surface area contributed by atoms with Crippen LogP contribution in [-0.4, -0.2) is 47.1 Å². The molecule has 5 aliphatic rings. The molecule has 1 aliphatic carbocycles. The normalized spacial score (nSPS) is 48.3. The van der Waals surface area contributed by atoms with Crippen LogP contribution in [0.5, 0.6) is 0 Å². The first-order chi connectivity index (χ1) is 13.2. The Morgan fingerprint density at radius 2 is 1.96 bits per heavy atom. The number of carboxylic acid groups (broad SMARTS) is 1. The van der Waals surface area contributed by atoms with Crippen molar-refractivity contribution in [3.05, 3.63) is 0 Å². The Morgan fingerprint density at radius 3 is 2.68 bits per heavy atom. The zero-order valence-electron chi connectivity index (χ0n) is 16.5. The van der Waals surface area contributed by atoms with E-state index >= 15 is 0 Å². The number of carboxylic acids is 1. The van der Waals surface area contributed by atoms with Gasteiger partial charge in [-0.2, -0.15) is 0 Å². The maximum Gasteiger partial charge on any atom is 0.321 e. The Hall–Kier alpha value is -1.26. The van der Waals surface area contributed by atoms with Gasteiger partial charge in [-0.05, 0) is 38.0 Å². The molecule has 0 unspecified atom stereocenters. The lowest BCUT2D eigenvalue weighted by Gasteiger charge is -2.59. The minimum Gasteiger partial charge on any atom is -0.480 e. The highest BCUT2D eigenvalue weighted by atomic mass is 17.3. The number of carbonyl (C=O) groups excluding carboxylic acids is 1. The van der Waals surface area contributed by atoms with Gasteiger partial charge < -0.3 is 25.1 Å². The number of carbonyl (C=O) groups is 2. The molecule has 158 valence electrons. The summed E-state index contributed by atoms with van der Waals surface area (Å²) in [6.07, 6.45) is 1.55. The highest BCUT2D eigenvalue weighted by molar-refractivity contribution is 5.81. The maximum absolute atomic E-state index is 12.2. The summed E-state index contributed by atoms with van der Waals surface area (Å²) < 4.78 is 17.8. The van der Waals surface area contributed by atoms with Crippen LogP contribution in [0.15, 0.2) is 0 Å². The van der Waals surface area contributed by atoms with Crippen LogP contribution in [0.25, 0.3) is 0 Å². The number of rotatable bonds is 4. The van der Waals surface area contributed by atoms with Gasteiger partial charge in [0.25, 0.3) is 0 Å². The van der Waals surface area contributed by atoms with Gasteiger partial charge in [-0.1, -0.05) is 13.8 Å². The minimum absolute atomic E-state index is 0.0287. The van der Waals surface area contributed by atoms with Crippen LogP contribution >= 0.6 is 0 Å². The van der Waals surface area contributed by atoms with E-state index in [2.05, 4.69) is 6.92 Å². The Balaban J connectivity index is 1.58. The van der Waals surface area contributed by atoms with Crippen LogP contribution in [0.2, 0.25) is 0 Å². The molecule has 4 heterocycles. The lowest BCUT2D eigenvalue weighted by Crippen LogP contribution is -2.70. The third-order valence-corrected chi connectivity index (χ3v) is 7.05. The number of hydrogen-bond acceptors (Lipinski definition) is 8. The molecule has 1 saturated carbocycles. The van der Waals surface area contributed by atoms with Crippen molar-refractivity contribution in [3.63, 3.8) is 0 Å². The molecule has 4 aliphatic heterocycles. The van der Waals surface area contributed by atoms with Crippen molar-refractivity contribution < 1.29 is 38.7 Å². The molecule has 0 aromatic rings. The number of aliphatic carboxylic acids is 1. The molecular weight excluding hydrogens is 370 g/mol. The van der Waals surface area contributed by atoms with Crippen LogP contribution in [0.1, 0.15) is 52.9 Å². The number of nitrogens with two attached hydrogens (primary N) is 1. The first-order valence-corrected chi connectivity index (χ1v) is 10.0. The summed E-state index contributed by atoms with van der Waals surface area (Å²) in [6, 6.07) is -1.31. The fourth-order valence-corrected chi connectivity index (χ4v) is 5.45. The van der Waals surface area contributed by atoms with Crippen LogP contribution in [-0.2, 0) is 33.6 Å². The molecule has 4 saturated heterocycles. The molecule has 3 N–H and O–H groups in total. The molecule has 0 radical (unpaired) electrons. The maximum atomic E-state index is 12.2. The zero-order chi connectivity index (χ0) is 20.3. The molecule has 0 amide bonds. The van der Waals surface area contributed by atoms with E-state index < -0.39 is 48.4 Å². The van der Waals surface area contributed by atoms with Gasteiger partial charge >= 0.3 is 11.9 Å². The number of hydrogen-bond donors (Lipinski definition) is 2. The highest BCUT2D eigenvalue weighted by Gasteiger charge is 2.69. The predicted octanol–water partition coefficient (Wildman–Crippen LogP) is 1.54. The van der Waals surface area contributed by atoms with Gasteiger partial charge in [-0.15, -0.1) is 0 Å². The molecule has 2 bridgehead atoms. The largest absolute Gasteiger partial charge is 0.480 e. The fourth-order valence-electron chi connectivity index (χ4n) is 5.45. The van der Waals surface area contributed by atoms with Crippen molar-refractivity contribution in [1.29, 1.82) is 0 Å². The summed E-state index contributed by atoms with van der Waals surface area (Å²) in [7, 11) is 0. The predicted molar refractivity (Wildman–Crippen MR) is 93.1 cm³/mol. The first-order valence-electron chi connectivity index (χ1n) is 10.0. The quantitative estimate of drug-likeness (QED) is 0.534. The lowest BCUT2D eigenvalue weighted by atomic mass is 9.58. The topological polar surface area (TPSA) is 127 Å². The molecule has 28 heavy (non-hydrogen) atoms. The van der Waals surface area contributed by atoms with Gasteiger partial charge in [0, 0.05) is 18.3 Å². The molecule has 9 atom stereocenters. The van der Waals surface area contributed by atoms with E-state index in [0.717, 1.165) is 19.3 Å². The molecule has 5 fully saturated rings. The molecule has 9 nitrogen and oxygen atoms in total. The average Bonchev–Trinajstić information content (AvgIpc) is 2.85. The molecular formula is C19H29NO8. The molecule has 5 rings (SSSR count). The Kier molecular flexibility index (Phi) is 4.95. The van der Waals surface area contributed by atoms with Gasteiger partial charge in [0.1, 0.15) is 6.04 Å². The molecule has 1 spiro atoms. The summed E-state index contributed by atoms with van der Waals surface area (Å²) in [5.74, 6) is -2.33. The van der Waals surface area contributed by atoms with Crippen LogP contribution in [0.3, 0.4) is 0 Å². The van der Waals surface area contributed by atoms with Crippen molar-refractivity contribution in [2.24, 2.45) is 29.4 Å². The molecule has 0 aromatic carbocycles. The van der Waals surface area contributed by atoms with E-state index in [1.807, 2.05) is 13.8 Å². The highest BCUT2D eigenvalue weighted by Crippen LogP contribution is 2.60. The van der Waals surface area contributed by atoms with Crippen molar-refractivity contribution in [2.45, 2.75) is 82.9 Å². The van der Waals surface area contributed by atoms with E-state index in [9.17, 15) is 9.59 Å². The minimum atomic E-state index is -1.31. The van der Waals surface area contributed by atoms with Gasteiger partial charge in [0.2, 0.25) is 12.1 Å². The number of fused-ring (bicyclic) bond motifs is 2. The van der Waals surface area contributed by atoms with Crippen molar-refractivity contribution >= 4 is 11.9 Å². The second-order valence-corrected chi connectivity index (χ2v) is 8.91. The Morgan fingerprint density at radius 1 is 1.21 bits per heavy atom. The lowest BCUT2D eigenvalue weighted by molar-refractivity contribution is -0.576. The third-order valence-electron chi connectivity index (χ3n) is 7.05. The van der Waals surface area contributed by atoms with Crippen LogP contribution < -0.4 is 5.73 Å². The SMILES string of the molecule is C[C@H]1[C@H](OC(=O)C[C@H](N)C(=O)O)O[C@@H]2O[C@@]3(C)CC[C@H]4[C@H](C)CC[C@@H]1[C@@]24OO3. The summed E-state index contributed by atoms with van der Waals surface area (Å²) in [6.45, 7) is 6.01. The van der Waals surface area contributed by atoms with E-state index in [1.165, 1.54) is 0 Å². The smallest absolute Gasteiger partial charge is 0.321 e. The van der Waals surface area contributed by atoms with Crippen molar-refractivity contribution in [3.8, 4) is 0 Å². The summed E-state index contributed by atoms with van der Waals surface area (Å²) in [4.78, 5) is 34.9. The van der Waals surface area contributed by atoms with Gasteiger partial charge in [0.15, 0.2) is 11.9 Å². The van der Waals surface area contributed by atoms with Gasteiger partial charge in [-0.3, -0.25) is 9.59 Å². The van der Waals surface area contributed by atoms with Crippen LogP contribution in [0, 0.1) is 23.7 Å². The first kappa shape index (κ1) is 20.0. The van der Waals surface area contributed by atoms with Gasteiger partial charge in [0.05, 0.1) is 6.42 Å². The number of ether oxygens (including phenoxy) is 3. The van der Waals surface area contributed by atoms with Crippen molar-refractivity contribution in [2.75, 3.05) is 0 Å². The molecule has 9 heteroatoms. The fraction of sp³-hybridized carbons (Fsp3) is 0.895. The van der Waals surface area contributed by atoms with E-state index in [4.69, 9.17) is 34.8 Å². The molecule has 0 aromatic heterocycles. The summed E-state index contributed by atoms with van der Waals surface area (Å²) in [5.41, 5.74) is 4.71. The summed E-state index contributed by atoms with van der Waals surface area (Å²) >= 11 is 0. The Bertz CT molecular complexity index is 658. The summed E-state index contributed by atoms with van der Waals surface area (Å²) in [5, 5.41) is 8.90. The average molecular weight is 399 g/mol. The van der Waals surface area contributed by atoms with Crippen LogP contribution in [0.4, 0.5) is 0 Å². The standard InChI is InChI=1S/C19H29NO8/c1-9-4-5-12-10(2)16(24-14(21)8-13(20)15(22)23)25-17-19(12)11(9)6-7-18(3,26-17)27-28-19/h9-13,16-17H,4-8,20H2,1-3H3,(H,22,23)/t9-,10-,11+,12+,13+,16-,17-,18-,19-/m1/s1. The third kappa shape index (κ3) is 3.04. The van der Waals surface area contributed by atoms with E-state index in [0.29, 0.717) is 12.3 Å². The Labute approximate surface area is 163 Å². The van der Waals surface area contributed by atoms with E-state index in [-0.39, 0.29) is 17.8 Å². The second-order valence-electron chi connectivity index (χ2n) is 8.91. The zero-order valence-corrected chi connectivity index (χ0v) is 16.5. The monoisotopic (exact) mass is 399 g/mol. The van der Waals surface area contributed by atoms with E-state index in [1.54, 1.807) is 0 Å².